The second-order valence-corrected chi connectivity index (χ2v) is 5.22. The van der Waals surface area contributed by atoms with Crippen LogP contribution in [0, 0.1) is 11.7 Å². The van der Waals surface area contributed by atoms with Gasteiger partial charge in [-0.1, -0.05) is 18.9 Å². The second kappa shape index (κ2) is 5.72. The number of hydrogen-bond donors (Lipinski definition) is 0. The van der Waals surface area contributed by atoms with Gasteiger partial charge in [0.1, 0.15) is 5.82 Å². The van der Waals surface area contributed by atoms with Crippen LogP contribution in [0.25, 0.3) is 0 Å². The van der Waals surface area contributed by atoms with E-state index in [1.54, 1.807) is 0 Å². The maximum atomic E-state index is 13.9. The van der Waals surface area contributed by atoms with E-state index in [1.165, 1.54) is 31.7 Å². The van der Waals surface area contributed by atoms with E-state index < -0.39 is 0 Å². The Kier molecular flexibility index (Phi) is 4.27. The van der Waals surface area contributed by atoms with E-state index in [9.17, 15) is 4.39 Å². The summed E-state index contributed by atoms with van der Waals surface area (Å²) in [5, 5.41) is 0. The van der Waals surface area contributed by atoms with Gasteiger partial charge in [-0.2, -0.15) is 0 Å². The Hall–Kier alpha value is -0.760. The SMILES string of the molecule is CN(CC1CCCC1)c1ccc(CCl)cc1F. The number of benzene rings is 1. The van der Waals surface area contributed by atoms with Crippen LogP contribution in [0.5, 0.6) is 0 Å². The minimum atomic E-state index is -0.163. The van der Waals surface area contributed by atoms with Gasteiger partial charge in [0.2, 0.25) is 0 Å². The Morgan fingerprint density at radius 1 is 1.35 bits per heavy atom. The molecule has 0 heterocycles. The molecule has 0 radical (unpaired) electrons. The molecule has 2 rings (SSSR count). The Balaban J connectivity index is 2.04. The molecule has 1 saturated carbocycles. The molecule has 94 valence electrons. The Morgan fingerprint density at radius 3 is 2.65 bits per heavy atom. The number of rotatable bonds is 4. The highest BCUT2D eigenvalue weighted by molar-refractivity contribution is 6.17. The minimum Gasteiger partial charge on any atom is -0.372 e. The number of hydrogen-bond acceptors (Lipinski definition) is 1. The fourth-order valence-electron chi connectivity index (χ4n) is 2.62. The van der Waals surface area contributed by atoms with E-state index in [0.29, 0.717) is 11.6 Å². The van der Waals surface area contributed by atoms with Crippen LogP contribution in [-0.4, -0.2) is 13.6 Å². The van der Waals surface area contributed by atoms with Crippen molar-refractivity contribution in [3.05, 3.63) is 29.6 Å². The lowest BCUT2D eigenvalue weighted by molar-refractivity contribution is 0.539. The van der Waals surface area contributed by atoms with Gasteiger partial charge in [-0.05, 0) is 36.5 Å². The maximum Gasteiger partial charge on any atom is 0.146 e. The van der Waals surface area contributed by atoms with E-state index in [1.807, 2.05) is 24.1 Å². The van der Waals surface area contributed by atoms with Gasteiger partial charge in [-0.3, -0.25) is 0 Å². The van der Waals surface area contributed by atoms with Crippen molar-refractivity contribution in [3.8, 4) is 0 Å². The van der Waals surface area contributed by atoms with Crippen LogP contribution in [-0.2, 0) is 5.88 Å². The zero-order valence-electron chi connectivity index (χ0n) is 10.3. The molecule has 1 aliphatic rings. The summed E-state index contributed by atoms with van der Waals surface area (Å²) in [5.41, 5.74) is 1.52. The van der Waals surface area contributed by atoms with Crippen LogP contribution >= 0.6 is 11.6 Å². The number of halogens is 2. The summed E-state index contributed by atoms with van der Waals surface area (Å²) in [7, 11) is 1.97. The quantitative estimate of drug-likeness (QED) is 0.729. The summed E-state index contributed by atoms with van der Waals surface area (Å²) < 4.78 is 13.9. The standard InChI is InChI=1S/C14H19ClFN/c1-17(10-11-4-2-3-5-11)14-7-6-12(9-15)8-13(14)16/h6-8,11H,2-5,9-10H2,1H3. The molecule has 0 unspecified atom stereocenters. The van der Waals surface area contributed by atoms with Crippen molar-refractivity contribution >= 4 is 17.3 Å². The van der Waals surface area contributed by atoms with Crippen LogP contribution in [0.15, 0.2) is 18.2 Å². The van der Waals surface area contributed by atoms with Gasteiger partial charge in [-0.25, -0.2) is 4.39 Å². The van der Waals surface area contributed by atoms with Gasteiger partial charge in [0.05, 0.1) is 5.69 Å². The van der Waals surface area contributed by atoms with Crippen molar-refractivity contribution in [3.63, 3.8) is 0 Å². The van der Waals surface area contributed by atoms with E-state index in [0.717, 1.165) is 18.0 Å². The number of anilines is 1. The summed E-state index contributed by atoms with van der Waals surface area (Å²) in [4.78, 5) is 2.03. The molecule has 0 aromatic heterocycles. The molecule has 1 aliphatic carbocycles. The van der Waals surface area contributed by atoms with Gasteiger partial charge in [0, 0.05) is 19.5 Å². The second-order valence-electron chi connectivity index (χ2n) is 4.95. The minimum absolute atomic E-state index is 0.163. The fraction of sp³-hybridized carbons (Fsp3) is 0.571. The van der Waals surface area contributed by atoms with Crippen LogP contribution in [0.3, 0.4) is 0 Å². The molecule has 0 bridgehead atoms. The van der Waals surface area contributed by atoms with Gasteiger partial charge in [-0.15, -0.1) is 11.6 Å². The smallest absolute Gasteiger partial charge is 0.146 e. The Labute approximate surface area is 108 Å². The van der Waals surface area contributed by atoms with Gasteiger partial charge >= 0.3 is 0 Å². The zero-order chi connectivity index (χ0) is 12.3. The number of alkyl halides is 1. The van der Waals surface area contributed by atoms with Gasteiger partial charge < -0.3 is 4.90 Å². The van der Waals surface area contributed by atoms with E-state index >= 15 is 0 Å². The van der Waals surface area contributed by atoms with Gasteiger partial charge in [0.25, 0.3) is 0 Å². The average molecular weight is 256 g/mol. The van der Waals surface area contributed by atoms with Crippen molar-refractivity contribution in [1.29, 1.82) is 0 Å². The fourth-order valence-corrected chi connectivity index (χ4v) is 2.79. The molecule has 0 atom stereocenters. The average Bonchev–Trinajstić information content (AvgIpc) is 2.81. The normalized spacial score (nSPS) is 16.4. The summed E-state index contributed by atoms with van der Waals surface area (Å²) in [6.07, 6.45) is 5.22. The highest BCUT2D eigenvalue weighted by Crippen LogP contribution is 2.28. The molecule has 1 fully saturated rings. The van der Waals surface area contributed by atoms with Crippen LogP contribution < -0.4 is 4.90 Å². The van der Waals surface area contributed by atoms with Crippen LogP contribution in [0.4, 0.5) is 10.1 Å². The molecule has 17 heavy (non-hydrogen) atoms. The third kappa shape index (κ3) is 3.12. The third-order valence-electron chi connectivity index (χ3n) is 3.58. The first-order valence-electron chi connectivity index (χ1n) is 6.26. The molecule has 1 aromatic rings. The predicted molar refractivity (Wildman–Crippen MR) is 71.2 cm³/mol. The predicted octanol–water partition coefficient (Wildman–Crippen LogP) is 4.19. The van der Waals surface area contributed by atoms with E-state index in [2.05, 4.69) is 0 Å². The summed E-state index contributed by atoms with van der Waals surface area (Å²) >= 11 is 5.69. The van der Waals surface area contributed by atoms with E-state index in [-0.39, 0.29) is 5.82 Å². The van der Waals surface area contributed by atoms with Gasteiger partial charge in [0.15, 0.2) is 0 Å². The third-order valence-corrected chi connectivity index (χ3v) is 3.89. The van der Waals surface area contributed by atoms with E-state index in [4.69, 9.17) is 11.6 Å². The lowest BCUT2D eigenvalue weighted by Gasteiger charge is -2.23. The van der Waals surface area contributed by atoms with Crippen LogP contribution in [0.2, 0.25) is 0 Å². The monoisotopic (exact) mass is 255 g/mol. The van der Waals surface area contributed by atoms with Crippen molar-refractivity contribution < 1.29 is 4.39 Å². The molecular formula is C14H19ClFN. The van der Waals surface area contributed by atoms with Crippen molar-refractivity contribution in [2.75, 3.05) is 18.5 Å². The molecule has 0 spiro atoms. The maximum absolute atomic E-state index is 13.9. The highest BCUT2D eigenvalue weighted by Gasteiger charge is 2.18. The molecule has 1 aromatic carbocycles. The molecule has 1 nitrogen and oxygen atoms in total. The largest absolute Gasteiger partial charge is 0.372 e. The van der Waals surface area contributed by atoms with Crippen molar-refractivity contribution in [1.82, 2.24) is 0 Å². The molecular weight excluding hydrogens is 237 g/mol. The molecule has 3 heteroatoms. The Morgan fingerprint density at radius 2 is 2.06 bits per heavy atom. The molecule has 0 aliphatic heterocycles. The topological polar surface area (TPSA) is 3.24 Å². The Bertz CT molecular complexity index is 374. The molecule has 0 N–H and O–H groups in total. The molecule has 0 amide bonds. The number of nitrogens with zero attached hydrogens (tertiary/aromatic N) is 1. The first-order chi connectivity index (χ1) is 8.20. The summed E-state index contributed by atoms with van der Waals surface area (Å²) in [6.45, 7) is 0.955. The first kappa shape index (κ1) is 12.7. The highest BCUT2D eigenvalue weighted by atomic mass is 35.5. The summed E-state index contributed by atoms with van der Waals surface area (Å²) in [6, 6.07) is 5.27. The molecule has 0 saturated heterocycles. The first-order valence-corrected chi connectivity index (χ1v) is 6.79. The summed E-state index contributed by atoms with van der Waals surface area (Å²) in [5.74, 6) is 0.930. The van der Waals surface area contributed by atoms with Crippen molar-refractivity contribution in [2.45, 2.75) is 31.6 Å². The van der Waals surface area contributed by atoms with Crippen molar-refractivity contribution in [2.24, 2.45) is 5.92 Å². The lowest BCUT2D eigenvalue weighted by Crippen LogP contribution is -2.24. The zero-order valence-corrected chi connectivity index (χ0v) is 11.0. The van der Waals surface area contributed by atoms with Crippen LogP contribution in [0.1, 0.15) is 31.2 Å². The lowest BCUT2D eigenvalue weighted by atomic mass is 10.1.